The Hall–Kier alpha value is -1.89. The van der Waals surface area contributed by atoms with E-state index in [0.29, 0.717) is 10.7 Å². The van der Waals surface area contributed by atoms with Crippen LogP contribution in [0, 0.1) is 5.92 Å². The van der Waals surface area contributed by atoms with E-state index in [4.69, 9.17) is 16.7 Å². The van der Waals surface area contributed by atoms with Crippen molar-refractivity contribution >= 4 is 44.8 Å². The molecule has 0 spiro atoms. The Bertz CT molecular complexity index is 927. The zero-order valence-electron chi connectivity index (χ0n) is 17.0. The largest absolute Gasteiger partial charge is 0.284 e. The number of nitrogens with zero attached hydrogens (tertiary/aromatic N) is 3. The van der Waals surface area contributed by atoms with E-state index in [9.17, 15) is 4.79 Å². The first-order chi connectivity index (χ1) is 14.6. The summed E-state index contributed by atoms with van der Waals surface area (Å²) in [5.41, 5.74) is 5.57. The molecule has 2 atom stereocenters. The molecule has 1 fully saturated rings. The lowest BCUT2D eigenvalue weighted by Crippen LogP contribution is -2.48. The van der Waals surface area contributed by atoms with E-state index in [2.05, 4.69) is 40.4 Å². The number of halogens is 2. The van der Waals surface area contributed by atoms with Crippen molar-refractivity contribution in [3.05, 3.63) is 63.6 Å². The summed E-state index contributed by atoms with van der Waals surface area (Å²) in [6.45, 7) is 3.89. The highest BCUT2D eigenvalue weighted by atomic mass is 79.9. The second-order valence-electron chi connectivity index (χ2n) is 7.78. The Kier molecular flexibility index (Phi) is 6.76. The molecule has 158 valence electrons. The molecule has 0 bridgehead atoms. The van der Waals surface area contributed by atoms with Crippen LogP contribution in [0.5, 0.6) is 0 Å². The van der Waals surface area contributed by atoms with Gasteiger partial charge in [0, 0.05) is 23.5 Å². The first kappa shape index (κ1) is 21.3. The van der Waals surface area contributed by atoms with Crippen molar-refractivity contribution in [2.75, 3.05) is 18.1 Å². The molecule has 0 radical (unpaired) electrons. The number of hydrazine groups is 1. The molecule has 1 N–H and O–H groups in total. The maximum atomic E-state index is 13.2. The van der Waals surface area contributed by atoms with E-state index < -0.39 is 0 Å². The molecule has 1 amide bonds. The third-order valence-corrected chi connectivity index (χ3v) is 6.66. The minimum absolute atomic E-state index is 0.0350. The van der Waals surface area contributed by atoms with Crippen LogP contribution in [0.25, 0.3) is 0 Å². The van der Waals surface area contributed by atoms with Gasteiger partial charge >= 0.3 is 0 Å². The molecule has 7 heteroatoms. The van der Waals surface area contributed by atoms with Crippen molar-refractivity contribution in [2.45, 2.75) is 38.6 Å². The van der Waals surface area contributed by atoms with Gasteiger partial charge in [-0.05, 0) is 49.1 Å². The maximum absolute atomic E-state index is 13.2. The van der Waals surface area contributed by atoms with Crippen LogP contribution in [-0.4, -0.2) is 29.7 Å². The van der Waals surface area contributed by atoms with Gasteiger partial charge < -0.3 is 0 Å². The van der Waals surface area contributed by atoms with E-state index in [0.717, 1.165) is 48.1 Å². The molecule has 2 aromatic rings. The molecule has 0 aliphatic carbocycles. The number of para-hydroxylation sites is 1. The molecule has 1 saturated heterocycles. The van der Waals surface area contributed by atoms with Crippen molar-refractivity contribution in [1.82, 2.24) is 10.4 Å². The fourth-order valence-corrected chi connectivity index (χ4v) is 4.77. The average molecular weight is 490 g/mol. The molecule has 4 rings (SSSR count). The number of rotatable bonds is 5. The van der Waals surface area contributed by atoms with Gasteiger partial charge in [-0.15, -0.1) is 0 Å². The smallest absolute Gasteiger partial charge is 0.282 e. The summed E-state index contributed by atoms with van der Waals surface area (Å²) in [5.74, 6) is -0.146. The second kappa shape index (κ2) is 9.50. The van der Waals surface area contributed by atoms with Crippen LogP contribution >= 0.6 is 27.5 Å². The highest BCUT2D eigenvalue weighted by Crippen LogP contribution is 2.43. The monoisotopic (exact) mass is 488 g/mol. The maximum Gasteiger partial charge on any atom is 0.282 e. The fourth-order valence-electron chi connectivity index (χ4n) is 4.28. The summed E-state index contributed by atoms with van der Waals surface area (Å²) in [6.07, 6.45) is 4.24. The number of nitrogens with one attached hydrogen (secondary N) is 1. The van der Waals surface area contributed by atoms with Gasteiger partial charge in [0.05, 0.1) is 16.8 Å². The molecular formula is C23H26BrClN4O. The summed E-state index contributed by atoms with van der Waals surface area (Å²) >= 11 is 10.0. The molecule has 0 unspecified atom stereocenters. The summed E-state index contributed by atoms with van der Waals surface area (Å²) in [6, 6.07) is 15.8. The van der Waals surface area contributed by atoms with Gasteiger partial charge in [0.2, 0.25) is 0 Å². The third-order valence-electron chi connectivity index (χ3n) is 5.81. The molecule has 5 nitrogen and oxygen atoms in total. The minimum Gasteiger partial charge on any atom is -0.284 e. The van der Waals surface area contributed by atoms with E-state index in [1.165, 1.54) is 6.42 Å². The third kappa shape index (κ3) is 4.41. The number of hydrazone groups is 1. The first-order valence-corrected chi connectivity index (χ1v) is 11.7. The van der Waals surface area contributed by atoms with E-state index in [1.54, 1.807) is 0 Å². The Morgan fingerprint density at radius 3 is 2.50 bits per heavy atom. The standard InChI is InChI=1S/C23H26BrClN4O/c1-2-18-21(23(30)27-28-14-6-3-7-15-28)26-29(20-9-5-4-8-19(20)25)22(18)16-10-12-17(24)13-11-16/h4-5,8-13,18,22H,2-3,6-7,14-15H2,1H3,(H,27,30)/t18-,22-/m1/s1. The zero-order valence-corrected chi connectivity index (χ0v) is 19.4. The Balaban J connectivity index is 1.70. The second-order valence-corrected chi connectivity index (χ2v) is 9.10. The van der Waals surface area contributed by atoms with Gasteiger partial charge in [-0.25, -0.2) is 5.01 Å². The number of carbonyl (C=O) groups is 1. The number of piperidine rings is 1. The lowest BCUT2D eigenvalue weighted by molar-refractivity contribution is -0.120. The number of benzene rings is 2. The van der Waals surface area contributed by atoms with Gasteiger partial charge in [-0.3, -0.25) is 15.2 Å². The minimum atomic E-state index is -0.111. The van der Waals surface area contributed by atoms with Crippen molar-refractivity contribution in [2.24, 2.45) is 11.0 Å². The predicted molar refractivity (Wildman–Crippen MR) is 126 cm³/mol. The van der Waals surface area contributed by atoms with E-state index in [-0.39, 0.29) is 17.9 Å². The van der Waals surface area contributed by atoms with Crippen molar-refractivity contribution in [3.63, 3.8) is 0 Å². The number of hydrogen-bond donors (Lipinski definition) is 1. The molecular weight excluding hydrogens is 464 g/mol. The molecule has 0 saturated carbocycles. The van der Waals surface area contributed by atoms with Crippen LogP contribution in [-0.2, 0) is 4.79 Å². The molecule has 2 aliphatic rings. The van der Waals surface area contributed by atoms with E-state index in [1.807, 2.05) is 46.4 Å². The lowest BCUT2D eigenvalue weighted by atomic mass is 9.87. The van der Waals surface area contributed by atoms with Crippen LogP contribution in [0.2, 0.25) is 5.02 Å². The molecule has 30 heavy (non-hydrogen) atoms. The van der Waals surface area contributed by atoms with Crippen LogP contribution in [0.3, 0.4) is 0 Å². The SMILES string of the molecule is CC[C@@H]1C(C(=O)NN2CCCCC2)=NN(c2ccccc2Cl)[C@@H]1c1ccc(Br)cc1. The molecule has 2 aliphatic heterocycles. The Morgan fingerprint density at radius 2 is 1.83 bits per heavy atom. The Labute approximate surface area is 191 Å². The van der Waals surface area contributed by atoms with E-state index >= 15 is 0 Å². The molecule has 2 aromatic carbocycles. The number of amides is 1. The summed E-state index contributed by atoms with van der Waals surface area (Å²) in [5, 5.41) is 9.40. The highest BCUT2D eigenvalue weighted by Gasteiger charge is 2.41. The van der Waals surface area contributed by atoms with Crippen LogP contribution in [0.15, 0.2) is 58.1 Å². The number of carbonyl (C=O) groups excluding carboxylic acids is 1. The van der Waals surface area contributed by atoms with Gasteiger partial charge in [0.15, 0.2) is 0 Å². The fraction of sp³-hybridized carbons (Fsp3) is 0.391. The summed E-state index contributed by atoms with van der Waals surface area (Å²) in [7, 11) is 0. The van der Waals surface area contributed by atoms with Gasteiger partial charge in [0.1, 0.15) is 5.71 Å². The van der Waals surface area contributed by atoms with Gasteiger partial charge in [-0.2, -0.15) is 5.10 Å². The lowest BCUT2D eigenvalue weighted by Gasteiger charge is -2.29. The van der Waals surface area contributed by atoms with Crippen molar-refractivity contribution in [3.8, 4) is 0 Å². The highest BCUT2D eigenvalue weighted by molar-refractivity contribution is 9.10. The number of hydrogen-bond acceptors (Lipinski definition) is 4. The van der Waals surface area contributed by atoms with Crippen LogP contribution < -0.4 is 10.4 Å². The summed E-state index contributed by atoms with van der Waals surface area (Å²) in [4.78, 5) is 13.2. The van der Waals surface area contributed by atoms with Crippen molar-refractivity contribution < 1.29 is 4.79 Å². The quantitative estimate of drug-likeness (QED) is 0.598. The van der Waals surface area contributed by atoms with Crippen molar-refractivity contribution in [1.29, 1.82) is 0 Å². The molecule has 2 heterocycles. The Morgan fingerprint density at radius 1 is 1.13 bits per heavy atom. The van der Waals surface area contributed by atoms with Crippen LogP contribution in [0.4, 0.5) is 5.69 Å². The van der Waals surface area contributed by atoms with Crippen LogP contribution in [0.1, 0.15) is 44.2 Å². The zero-order chi connectivity index (χ0) is 21.1. The normalized spacial score (nSPS) is 22.1. The first-order valence-electron chi connectivity index (χ1n) is 10.5. The topological polar surface area (TPSA) is 47.9 Å². The molecule has 0 aromatic heterocycles. The van der Waals surface area contributed by atoms with Gasteiger partial charge in [0.25, 0.3) is 5.91 Å². The average Bonchev–Trinajstić information content (AvgIpc) is 3.15. The van der Waals surface area contributed by atoms with Gasteiger partial charge in [-0.1, -0.05) is 65.1 Å². The number of anilines is 1. The summed E-state index contributed by atoms with van der Waals surface area (Å²) < 4.78 is 1.02. The predicted octanol–water partition coefficient (Wildman–Crippen LogP) is 5.56.